The van der Waals surface area contributed by atoms with E-state index in [0.717, 1.165) is 4.31 Å². The largest absolute Gasteiger partial charge is 0.447 e. The number of sulfonamides is 1. The molecule has 8 heteroatoms. The van der Waals surface area contributed by atoms with E-state index in [1.807, 2.05) is 6.92 Å². The first kappa shape index (κ1) is 15.7. The van der Waals surface area contributed by atoms with Crippen LogP contribution in [0.3, 0.4) is 0 Å². The molecule has 0 saturated carbocycles. The Morgan fingerprint density at radius 3 is 2.63 bits per heavy atom. The molecular formula is C11H19N3O4S. The predicted octanol–water partition coefficient (Wildman–Crippen LogP) is -0.117. The molecule has 0 fully saturated rings. The van der Waals surface area contributed by atoms with Crippen LogP contribution in [0.2, 0.25) is 0 Å². The second-order valence-corrected chi connectivity index (χ2v) is 6.54. The molecule has 1 heterocycles. The Bertz CT molecular complexity index is 536. The molecule has 0 aliphatic carbocycles. The Hall–Kier alpha value is -1.38. The van der Waals surface area contributed by atoms with Gasteiger partial charge in [0.05, 0.1) is 6.54 Å². The van der Waals surface area contributed by atoms with E-state index in [4.69, 9.17) is 10.2 Å². The average Bonchev–Trinajstić information content (AvgIpc) is 2.74. The summed E-state index contributed by atoms with van der Waals surface area (Å²) in [5.74, 6) is 0.0899. The predicted molar refractivity (Wildman–Crippen MR) is 69.7 cm³/mol. The number of hydrogen-bond acceptors (Lipinski definition) is 5. The van der Waals surface area contributed by atoms with Gasteiger partial charge in [-0.1, -0.05) is 0 Å². The molecular weight excluding hydrogens is 270 g/mol. The van der Waals surface area contributed by atoms with Crippen LogP contribution in [0.4, 0.5) is 0 Å². The molecule has 0 aliphatic heterocycles. The number of hydrogen-bond donors (Lipinski definition) is 2. The molecule has 1 amide bonds. The number of nitrogens with zero attached hydrogens (tertiary/aromatic N) is 1. The van der Waals surface area contributed by atoms with Gasteiger partial charge in [-0.15, -0.1) is 0 Å². The maximum absolute atomic E-state index is 11.8. The number of carbonyl (C=O) groups is 1. The molecule has 0 aromatic carbocycles. The molecule has 19 heavy (non-hydrogen) atoms. The highest BCUT2D eigenvalue weighted by atomic mass is 32.2. The average molecular weight is 289 g/mol. The van der Waals surface area contributed by atoms with Crippen LogP contribution in [-0.4, -0.2) is 38.8 Å². The first-order valence-corrected chi connectivity index (χ1v) is 7.20. The lowest BCUT2D eigenvalue weighted by atomic mass is 10.2. The van der Waals surface area contributed by atoms with Gasteiger partial charge < -0.3 is 15.5 Å². The molecule has 1 atom stereocenters. The second-order valence-electron chi connectivity index (χ2n) is 4.46. The standard InChI is InChI=1S/C11H19N3O4S/c1-8(6-10(12)15)13-7-9-4-5-11(18-9)19(16,17)14(2)3/h4-5,8,13H,6-7H2,1-3H3,(H2,12,15). The van der Waals surface area contributed by atoms with Crippen molar-refractivity contribution in [2.45, 2.75) is 31.0 Å². The highest BCUT2D eigenvalue weighted by molar-refractivity contribution is 7.88. The zero-order chi connectivity index (χ0) is 14.6. The Morgan fingerprint density at radius 1 is 1.47 bits per heavy atom. The van der Waals surface area contributed by atoms with Gasteiger partial charge in [0.15, 0.2) is 0 Å². The minimum absolute atomic E-state index is 0.100. The van der Waals surface area contributed by atoms with E-state index >= 15 is 0 Å². The van der Waals surface area contributed by atoms with E-state index in [2.05, 4.69) is 5.32 Å². The van der Waals surface area contributed by atoms with Crippen molar-refractivity contribution in [1.82, 2.24) is 9.62 Å². The fraction of sp³-hybridized carbons (Fsp3) is 0.545. The third-order valence-electron chi connectivity index (χ3n) is 2.50. The van der Waals surface area contributed by atoms with Crippen molar-refractivity contribution in [2.24, 2.45) is 5.73 Å². The molecule has 1 unspecified atom stereocenters. The summed E-state index contributed by atoms with van der Waals surface area (Å²) in [7, 11) is -0.678. The molecule has 3 N–H and O–H groups in total. The van der Waals surface area contributed by atoms with Crippen LogP contribution >= 0.6 is 0 Å². The minimum Gasteiger partial charge on any atom is -0.447 e. The summed E-state index contributed by atoms with van der Waals surface area (Å²) in [6, 6.07) is 2.89. The lowest BCUT2D eigenvalue weighted by Crippen LogP contribution is -2.30. The van der Waals surface area contributed by atoms with Crippen molar-refractivity contribution in [3.63, 3.8) is 0 Å². The summed E-state index contributed by atoms with van der Waals surface area (Å²) < 4.78 is 29.9. The molecule has 1 rings (SSSR count). The molecule has 0 bridgehead atoms. The van der Waals surface area contributed by atoms with Gasteiger partial charge in [0.1, 0.15) is 5.76 Å². The molecule has 0 aliphatic rings. The zero-order valence-electron chi connectivity index (χ0n) is 11.2. The summed E-state index contributed by atoms with van der Waals surface area (Å²) in [6.45, 7) is 2.14. The number of nitrogens with one attached hydrogen (secondary N) is 1. The van der Waals surface area contributed by atoms with Gasteiger partial charge in [0, 0.05) is 26.6 Å². The van der Waals surface area contributed by atoms with Gasteiger partial charge >= 0.3 is 0 Å². The van der Waals surface area contributed by atoms with E-state index in [0.29, 0.717) is 12.3 Å². The van der Waals surface area contributed by atoms with Crippen molar-refractivity contribution in [3.8, 4) is 0 Å². The van der Waals surface area contributed by atoms with Gasteiger partial charge in [-0.2, -0.15) is 0 Å². The van der Waals surface area contributed by atoms with Crippen LogP contribution in [0.1, 0.15) is 19.1 Å². The third kappa shape index (κ3) is 4.34. The van der Waals surface area contributed by atoms with Crippen molar-refractivity contribution in [3.05, 3.63) is 17.9 Å². The van der Waals surface area contributed by atoms with Crippen molar-refractivity contribution in [2.75, 3.05) is 14.1 Å². The van der Waals surface area contributed by atoms with Gasteiger partial charge in [-0.3, -0.25) is 4.79 Å². The lowest BCUT2D eigenvalue weighted by Gasteiger charge is -2.10. The summed E-state index contributed by atoms with van der Waals surface area (Å²) in [5, 5.41) is 2.92. The number of nitrogens with two attached hydrogens (primary N) is 1. The summed E-state index contributed by atoms with van der Waals surface area (Å²) in [6.07, 6.45) is 0.212. The minimum atomic E-state index is -3.55. The number of furan rings is 1. The summed E-state index contributed by atoms with van der Waals surface area (Å²) >= 11 is 0. The van der Waals surface area contributed by atoms with E-state index in [1.165, 1.54) is 20.2 Å². The van der Waals surface area contributed by atoms with Gasteiger partial charge in [0.25, 0.3) is 10.0 Å². The van der Waals surface area contributed by atoms with Crippen LogP contribution in [0, 0.1) is 0 Å². The highest BCUT2D eigenvalue weighted by Gasteiger charge is 2.21. The molecule has 0 radical (unpaired) electrons. The van der Waals surface area contributed by atoms with Crippen LogP contribution in [0.5, 0.6) is 0 Å². The zero-order valence-corrected chi connectivity index (χ0v) is 12.0. The fourth-order valence-electron chi connectivity index (χ4n) is 1.42. The second kappa shape index (κ2) is 6.18. The van der Waals surface area contributed by atoms with Crippen molar-refractivity contribution < 1.29 is 17.6 Å². The summed E-state index contributed by atoms with van der Waals surface area (Å²) in [5.41, 5.74) is 5.07. The van der Waals surface area contributed by atoms with Gasteiger partial charge in [0.2, 0.25) is 11.0 Å². The lowest BCUT2D eigenvalue weighted by molar-refractivity contribution is -0.118. The van der Waals surface area contributed by atoms with Crippen molar-refractivity contribution >= 4 is 15.9 Å². The number of amides is 1. The van der Waals surface area contributed by atoms with Gasteiger partial charge in [-0.05, 0) is 19.1 Å². The summed E-state index contributed by atoms with van der Waals surface area (Å²) in [4.78, 5) is 10.7. The smallest absolute Gasteiger partial charge is 0.275 e. The maximum atomic E-state index is 11.8. The molecule has 0 spiro atoms. The Balaban J connectivity index is 2.64. The first-order valence-electron chi connectivity index (χ1n) is 5.76. The van der Waals surface area contributed by atoms with Crippen LogP contribution < -0.4 is 11.1 Å². The quantitative estimate of drug-likeness (QED) is 0.728. The molecule has 0 saturated heterocycles. The van der Waals surface area contributed by atoms with Crippen LogP contribution in [0.15, 0.2) is 21.6 Å². The Morgan fingerprint density at radius 2 is 2.11 bits per heavy atom. The van der Waals surface area contributed by atoms with E-state index in [9.17, 15) is 13.2 Å². The van der Waals surface area contributed by atoms with Crippen molar-refractivity contribution in [1.29, 1.82) is 0 Å². The van der Waals surface area contributed by atoms with E-state index in [1.54, 1.807) is 6.07 Å². The number of carbonyl (C=O) groups excluding carboxylic acids is 1. The first-order chi connectivity index (χ1) is 8.73. The maximum Gasteiger partial charge on any atom is 0.275 e. The monoisotopic (exact) mass is 289 g/mol. The molecule has 7 nitrogen and oxygen atoms in total. The molecule has 108 valence electrons. The molecule has 1 aromatic rings. The fourth-order valence-corrected chi connectivity index (χ4v) is 2.23. The van der Waals surface area contributed by atoms with Gasteiger partial charge in [-0.25, -0.2) is 12.7 Å². The van der Waals surface area contributed by atoms with Crippen LogP contribution in [0.25, 0.3) is 0 Å². The normalized spacial score (nSPS) is 13.7. The highest BCUT2D eigenvalue weighted by Crippen LogP contribution is 2.16. The molecule has 1 aromatic heterocycles. The number of rotatable bonds is 7. The number of primary amides is 1. The van der Waals surface area contributed by atoms with E-state index < -0.39 is 15.9 Å². The third-order valence-corrected chi connectivity index (χ3v) is 4.19. The Kier molecular flexibility index (Phi) is 5.10. The van der Waals surface area contributed by atoms with Crippen LogP contribution in [-0.2, 0) is 21.4 Å². The SMILES string of the molecule is CC(CC(N)=O)NCc1ccc(S(=O)(=O)N(C)C)o1. The van der Waals surface area contributed by atoms with E-state index in [-0.39, 0.29) is 17.6 Å². The Labute approximate surface area is 112 Å². The topological polar surface area (TPSA) is 106 Å².